The highest BCUT2D eigenvalue weighted by molar-refractivity contribution is 6.60. The Balaban J connectivity index is 4.69. The molecule has 0 saturated heterocycles. The fourth-order valence-corrected chi connectivity index (χ4v) is 4.34. The van der Waals surface area contributed by atoms with Crippen LogP contribution in [0.1, 0.15) is 66.7 Å². The molecule has 0 spiro atoms. The van der Waals surface area contributed by atoms with E-state index in [9.17, 15) is 0 Å². The van der Waals surface area contributed by atoms with Crippen LogP contribution in [0.15, 0.2) is 0 Å². The first-order valence-electron chi connectivity index (χ1n) is 7.40. The normalized spacial score (nSPS) is 18.3. The van der Waals surface area contributed by atoms with Crippen molar-refractivity contribution < 1.29 is 13.3 Å². The largest absolute Gasteiger partial charge is 0.500 e. The molecule has 0 aliphatic heterocycles. The summed E-state index contributed by atoms with van der Waals surface area (Å²) in [6.45, 7) is 11.5. The van der Waals surface area contributed by atoms with E-state index in [2.05, 4.69) is 34.6 Å². The Kier molecular flexibility index (Phi) is 9.12. The Morgan fingerprint density at radius 3 is 2.11 bits per heavy atom. The maximum Gasteiger partial charge on any atom is 0.500 e. The summed E-state index contributed by atoms with van der Waals surface area (Å²) < 4.78 is 18.0. The molecule has 0 aliphatic rings. The van der Waals surface area contributed by atoms with Gasteiger partial charge in [0.2, 0.25) is 0 Å². The van der Waals surface area contributed by atoms with Crippen molar-refractivity contribution in [3.8, 4) is 0 Å². The van der Waals surface area contributed by atoms with Gasteiger partial charge in [-0.2, -0.15) is 0 Å². The zero-order valence-electron chi connectivity index (χ0n) is 13.2. The van der Waals surface area contributed by atoms with Gasteiger partial charge in [-0.1, -0.05) is 40.5 Å². The van der Waals surface area contributed by atoms with Crippen molar-refractivity contribution >= 4 is 8.80 Å². The van der Waals surface area contributed by atoms with Crippen molar-refractivity contribution in [1.82, 2.24) is 0 Å². The van der Waals surface area contributed by atoms with Gasteiger partial charge in [-0.05, 0) is 26.2 Å². The topological polar surface area (TPSA) is 27.7 Å². The van der Waals surface area contributed by atoms with Gasteiger partial charge in [0.25, 0.3) is 0 Å². The third-order valence-corrected chi connectivity index (χ3v) is 6.41. The van der Waals surface area contributed by atoms with E-state index >= 15 is 0 Å². The molecule has 0 amide bonds. The van der Waals surface area contributed by atoms with E-state index in [0.717, 1.165) is 31.9 Å². The second-order valence-corrected chi connectivity index (χ2v) is 8.07. The molecule has 0 fully saturated rings. The molecular formula is C14H32O3Si. The molecule has 0 aromatic carbocycles. The van der Waals surface area contributed by atoms with Gasteiger partial charge in [-0.15, -0.1) is 0 Å². The van der Waals surface area contributed by atoms with E-state index in [4.69, 9.17) is 13.3 Å². The van der Waals surface area contributed by atoms with Crippen LogP contribution in [0.25, 0.3) is 0 Å². The highest BCUT2D eigenvalue weighted by atomic mass is 28.4. The van der Waals surface area contributed by atoms with Gasteiger partial charge >= 0.3 is 8.80 Å². The molecule has 0 radical (unpaired) electrons. The summed E-state index contributed by atoms with van der Waals surface area (Å²) in [5.74, 6) is 0. The average molecular weight is 276 g/mol. The van der Waals surface area contributed by atoms with Gasteiger partial charge in [-0.3, -0.25) is 0 Å². The predicted molar refractivity (Wildman–Crippen MR) is 78.8 cm³/mol. The third kappa shape index (κ3) is 5.82. The molecule has 2 atom stereocenters. The van der Waals surface area contributed by atoms with Gasteiger partial charge < -0.3 is 13.3 Å². The van der Waals surface area contributed by atoms with Crippen LogP contribution in [-0.2, 0) is 13.3 Å². The summed E-state index contributed by atoms with van der Waals surface area (Å²) in [5, 5.41) is 0. The Bertz CT molecular complexity index is 207. The fraction of sp³-hybridized carbons (Fsp3) is 1.00. The second kappa shape index (κ2) is 9.07. The molecule has 0 saturated carbocycles. The van der Waals surface area contributed by atoms with Crippen LogP contribution in [0.4, 0.5) is 0 Å². The summed E-state index contributed by atoms with van der Waals surface area (Å²) in [5.41, 5.74) is -0.109. The lowest BCUT2D eigenvalue weighted by Gasteiger charge is -2.38. The predicted octanol–water partition coefficient (Wildman–Crippen LogP) is 4.39. The molecule has 3 nitrogen and oxygen atoms in total. The fourth-order valence-electron chi connectivity index (χ4n) is 1.93. The molecule has 0 aromatic rings. The van der Waals surface area contributed by atoms with Crippen LogP contribution >= 0.6 is 0 Å². The van der Waals surface area contributed by atoms with Gasteiger partial charge in [0.1, 0.15) is 0 Å². The number of unbranched alkanes of at least 4 members (excludes halogenated alkanes) is 1. The molecule has 0 rings (SSSR count). The van der Waals surface area contributed by atoms with E-state index in [1.54, 1.807) is 7.11 Å². The van der Waals surface area contributed by atoms with Crippen molar-refractivity contribution in [3.05, 3.63) is 0 Å². The third-order valence-electron chi connectivity index (χ3n) is 3.48. The van der Waals surface area contributed by atoms with Crippen LogP contribution < -0.4 is 0 Å². The highest BCUT2D eigenvalue weighted by Crippen LogP contribution is 2.29. The molecule has 18 heavy (non-hydrogen) atoms. The Hall–Kier alpha value is 0.0969. The van der Waals surface area contributed by atoms with Gasteiger partial charge in [0.05, 0.1) is 5.60 Å². The van der Waals surface area contributed by atoms with Gasteiger partial charge in [0, 0.05) is 19.8 Å². The van der Waals surface area contributed by atoms with Crippen molar-refractivity contribution in [2.24, 2.45) is 0 Å². The minimum atomic E-state index is -2.47. The molecule has 4 heteroatoms. The first kappa shape index (κ1) is 18.1. The SMILES string of the molecule is CCCCC(C)(CC)O[Si](CC)(OC)OCCC. The van der Waals surface area contributed by atoms with Crippen molar-refractivity contribution in [3.63, 3.8) is 0 Å². The zero-order valence-corrected chi connectivity index (χ0v) is 14.2. The molecule has 0 heterocycles. The summed E-state index contributed by atoms with van der Waals surface area (Å²) in [6.07, 6.45) is 5.46. The number of hydrogen-bond donors (Lipinski definition) is 0. The van der Waals surface area contributed by atoms with E-state index in [1.807, 2.05) is 0 Å². The molecular weight excluding hydrogens is 244 g/mol. The summed E-state index contributed by atoms with van der Waals surface area (Å²) in [7, 11) is -0.747. The zero-order chi connectivity index (χ0) is 14.1. The first-order chi connectivity index (χ1) is 8.51. The Labute approximate surface area is 115 Å². The highest BCUT2D eigenvalue weighted by Gasteiger charge is 2.43. The van der Waals surface area contributed by atoms with Gasteiger partial charge in [-0.25, -0.2) is 0 Å². The van der Waals surface area contributed by atoms with E-state index in [0.29, 0.717) is 0 Å². The number of hydrogen-bond acceptors (Lipinski definition) is 3. The van der Waals surface area contributed by atoms with Crippen LogP contribution in [0.3, 0.4) is 0 Å². The van der Waals surface area contributed by atoms with Crippen molar-refractivity contribution in [2.45, 2.75) is 78.4 Å². The first-order valence-corrected chi connectivity index (χ1v) is 9.33. The van der Waals surface area contributed by atoms with Crippen LogP contribution in [0.5, 0.6) is 0 Å². The van der Waals surface area contributed by atoms with E-state index in [1.165, 1.54) is 12.8 Å². The van der Waals surface area contributed by atoms with Crippen molar-refractivity contribution in [1.29, 1.82) is 0 Å². The quantitative estimate of drug-likeness (QED) is 0.524. The van der Waals surface area contributed by atoms with Crippen LogP contribution in [0.2, 0.25) is 6.04 Å². The minimum Gasteiger partial charge on any atom is -0.377 e. The Morgan fingerprint density at radius 1 is 1.06 bits per heavy atom. The summed E-state index contributed by atoms with van der Waals surface area (Å²) >= 11 is 0. The number of rotatable bonds is 11. The van der Waals surface area contributed by atoms with Gasteiger partial charge in [0.15, 0.2) is 0 Å². The maximum absolute atomic E-state index is 6.37. The average Bonchev–Trinajstić information content (AvgIpc) is 2.41. The second-order valence-electron chi connectivity index (χ2n) is 5.10. The van der Waals surface area contributed by atoms with Crippen molar-refractivity contribution in [2.75, 3.05) is 13.7 Å². The molecule has 110 valence electrons. The van der Waals surface area contributed by atoms with Crippen LogP contribution in [0, 0.1) is 0 Å². The lowest BCUT2D eigenvalue weighted by molar-refractivity contribution is -0.0224. The monoisotopic (exact) mass is 276 g/mol. The minimum absolute atomic E-state index is 0.109. The lowest BCUT2D eigenvalue weighted by atomic mass is 9.97. The summed E-state index contributed by atoms with van der Waals surface area (Å²) in [6, 6.07) is 0.839. The van der Waals surface area contributed by atoms with Crippen LogP contribution in [-0.4, -0.2) is 28.1 Å². The molecule has 0 aromatic heterocycles. The maximum atomic E-state index is 6.37. The Morgan fingerprint density at radius 2 is 1.72 bits per heavy atom. The standard InChI is InChI=1S/C14H32O3Si/c1-7-11-12-14(5,9-3)17-18(10-4,15-6)16-13-8-2/h7-13H2,1-6H3. The molecule has 0 aliphatic carbocycles. The van der Waals surface area contributed by atoms with E-state index in [-0.39, 0.29) is 5.60 Å². The van der Waals surface area contributed by atoms with E-state index < -0.39 is 8.80 Å². The molecule has 0 N–H and O–H groups in total. The lowest BCUT2D eigenvalue weighted by Crippen LogP contribution is -2.51. The molecule has 2 unspecified atom stereocenters. The molecule has 0 bridgehead atoms. The summed E-state index contributed by atoms with van der Waals surface area (Å²) in [4.78, 5) is 0. The smallest absolute Gasteiger partial charge is 0.377 e.